The molecule has 0 aromatic heterocycles. The second-order valence-electron chi connectivity index (χ2n) is 2.97. The molecule has 82 valence electrons. The first-order valence-electron chi connectivity index (χ1n) is 4.19. The summed E-state index contributed by atoms with van der Waals surface area (Å²) in [6, 6.07) is 4.64. The second kappa shape index (κ2) is 5.89. The molecular formula is C10H8BrF2IO. The van der Waals surface area contributed by atoms with Crippen molar-refractivity contribution in [2.45, 2.75) is 12.8 Å². The molecule has 0 unspecified atom stereocenters. The molecular weight excluding hydrogens is 381 g/mol. The van der Waals surface area contributed by atoms with Crippen molar-refractivity contribution in [2.75, 3.05) is 5.33 Å². The third-order valence-corrected chi connectivity index (χ3v) is 3.82. The summed E-state index contributed by atoms with van der Waals surface area (Å²) in [6.07, 6.45) is -2.29. The summed E-state index contributed by atoms with van der Waals surface area (Å²) in [5, 5.41) is 0.252. The Morgan fingerprint density at radius 1 is 1.47 bits per heavy atom. The smallest absolute Gasteiger partial charge is 0.264 e. The highest BCUT2D eigenvalue weighted by Crippen LogP contribution is 2.27. The summed E-state index contributed by atoms with van der Waals surface area (Å²) in [4.78, 5) is 11.2. The predicted molar refractivity (Wildman–Crippen MR) is 66.6 cm³/mol. The van der Waals surface area contributed by atoms with Crippen molar-refractivity contribution in [2.24, 2.45) is 0 Å². The molecule has 5 heteroatoms. The quantitative estimate of drug-likeness (QED) is 0.567. The van der Waals surface area contributed by atoms with Crippen molar-refractivity contribution in [1.82, 2.24) is 0 Å². The summed E-state index contributed by atoms with van der Waals surface area (Å²) in [5.74, 6) is -0.0145. The van der Waals surface area contributed by atoms with E-state index in [1.807, 2.05) is 22.6 Å². The summed E-state index contributed by atoms with van der Waals surface area (Å²) in [6.45, 7) is 0. The van der Waals surface area contributed by atoms with Gasteiger partial charge in [-0.2, -0.15) is 0 Å². The number of hydrogen-bond donors (Lipinski definition) is 0. The van der Waals surface area contributed by atoms with Gasteiger partial charge < -0.3 is 0 Å². The van der Waals surface area contributed by atoms with Gasteiger partial charge in [0, 0.05) is 15.6 Å². The number of carbonyl (C=O) groups is 1. The van der Waals surface area contributed by atoms with E-state index in [0.29, 0.717) is 9.13 Å². The zero-order valence-corrected chi connectivity index (χ0v) is 11.4. The largest absolute Gasteiger partial charge is 0.298 e. The standard InChI is InChI=1S/C10H8BrF2IO/c11-5-7(15)4-6-2-1-3-8(9(6)14)10(12)13/h1-3,10H,4-5H2. The molecule has 0 bridgehead atoms. The van der Waals surface area contributed by atoms with Crippen LogP contribution in [0.15, 0.2) is 18.2 Å². The molecule has 1 aromatic carbocycles. The molecule has 1 aromatic rings. The van der Waals surface area contributed by atoms with Crippen LogP contribution in [0.2, 0.25) is 0 Å². The number of Topliss-reactive ketones (excluding diaryl/α,β-unsaturated/α-hetero) is 1. The van der Waals surface area contributed by atoms with Gasteiger partial charge in [-0.1, -0.05) is 34.1 Å². The number of alkyl halides is 3. The SMILES string of the molecule is O=C(CBr)Cc1cccc(C(F)F)c1I. The van der Waals surface area contributed by atoms with Gasteiger partial charge in [-0.3, -0.25) is 4.79 Å². The minimum Gasteiger partial charge on any atom is -0.298 e. The molecule has 0 spiro atoms. The van der Waals surface area contributed by atoms with E-state index in [2.05, 4.69) is 15.9 Å². The lowest BCUT2D eigenvalue weighted by Gasteiger charge is -2.08. The Bertz CT molecular complexity index is 368. The molecule has 0 radical (unpaired) electrons. The van der Waals surface area contributed by atoms with Crippen LogP contribution < -0.4 is 0 Å². The fraction of sp³-hybridized carbons (Fsp3) is 0.300. The van der Waals surface area contributed by atoms with E-state index in [9.17, 15) is 13.6 Å². The maximum absolute atomic E-state index is 12.5. The number of hydrogen-bond acceptors (Lipinski definition) is 1. The number of carbonyl (C=O) groups excluding carboxylic acids is 1. The monoisotopic (exact) mass is 388 g/mol. The van der Waals surface area contributed by atoms with Crippen LogP contribution in [0.3, 0.4) is 0 Å². The Hall–Kier alpha value is -0.0400. The Kier molecular flexibility index (Phi) is 5.11. The van der Waals surface area contributed by atoms with E-state index in [4.69, 9.17) is 0 Å². The molecule has 0 atom stereocenters. The summed E-state index contributed by atoms with van der Waals surface area (Å²) in [5.41, 5.74) is 0.660. The molecule has 0 fully saturated rings. The van der Waals surface area contributed by atoms with Crippen LogP contribution in [0, 0.1) is 3.57 Å². The number of ketones is 1. The van der Waals surface area contributed by atoms with Gasteiger partial charge >= 0.3 is 0 Å². The van der Waals surface area contributed by atoms with Gasteiger partial charge in [0.2, 0.25) is 0 Å². The average molecular weight is 389 g/mol. The van der Waals surface area contributed by atoms with Gasteiger partial charge in [0.1, 0.15) is 5.78 Å². The van der Waals surface area contributed by atoms with Crippen LogP contribution in [-0.4, -0.2) is 11.1 Å². The van der Waals surface area contributed by atoms with Gasteiger partial charge in [-0.15, -0.1) is 0 Å². The van der Waals surface area contributed by atoms with Crippen LogP contribution in [0.5, 0.6) is 0 Å². The van der Waals surface area contributed by atoms with Crippen molar-refractivity contribution >= 4 is 44.3 Å². The molecule has 15 heavy (non-hydrogen) atoms. The lowest BCUT2D eigenvalue weighted by molar-refractivity contribution is -0.115. The predicted octanol–water partition coefficient (Wildman–Crippen LogP) is 3.74. The van der Waals surface area contributed by atoms with Crippen molar-refractivity contribution in [3.05, 3.63) is 32.9 Å². The third-order valence-electron chi connectivity index (χ3n) is 1.88. The molecule has 0 N–H and O–H groups in total. The van der Waals surface area contributed by atoms with E-state index in [-0.39, 0.29) is 23.1 Å². The highest BCUT2D eigenvalue weighted by Gasteiger charge is 2.15. The van der Waals surface area contributed by atoms with Crippen molar-refractivity contribution in [3.8, 4) is 0 Å². The maximum Gasteiger partial charge on any atom is 0.264 e. The normalized spacial score (nSPS) is 10.7. The van der Waals surface area contributed by atoms with Gasteiger partial charge in [-0.25, -0.2) is 8.78 Å². The third kappa shape index (κ3) is 3.48. The van der Waals surface area contributed by atoms with Gasteiger partial charge in [0.15, 0.2) is 0 Å². The van der Waals surface area contributed by atoms with Crippen molar-refractivity contribution in [3.63, 3.8) is 0 Å². The first-order chi connectivity index (χ1) is 7.06. The first kappa shape index (κ1) is 13.0. The summed E-state index contributed by atoms with van der Waals surface area (Å²) in [7, 11) is 0. The lowest BCUT2D eigenvalue weighted by atomic mass is 10.1. The molecule has 1 rings (SSSR count). The van der Waals surface area contributed by atoms with E-state index >= 15 is 0 Å². The van der Waals surface area contributed by atoms with Crippen LogP contribution in [0.1, 0.15) is 17.6 Å². The molecule has 0 aliphatic heterocycles. The maximum atomic E-state index is 12.5. The highest BCUT2D eigenvalue weighted by molar-refractivity contribution is 14.1. The van der Waals surface area contributed by atoms with Gasteiger partial charge in [0.05, 0.1) is 5.33 Å². The molecule has 0 aliphatic rings. The minimum absolute atomic E-state index is 0.00419. The second-order valence-corrected chi connectivity index (χ2v) is 4.61. The molecule has 0 amide bonds. The van der Waals surface area contributed by atoms with Crippen LogP contribution >= 0.6 is 38.5 Å². The van der Waals surface area contributed by atoms with Gasteiger partial charge in [-0.05, 0) is 28.2 Å². The Balaban J connectivity index is 2.99. The molecule has 0 aliphatic carbocycles. The highest BCUT2D eigenvalue weighted by atomic mass is 127. The molecule has 0 heterocycles. The molecule has 0 saturated heterocycles. The summed E-state index contributed by atoms with van der Waals surface area (Å²) < 4.78 is 25.5. The zero-order valence-electron chi connectivity index (χ0n) is 7.64. The lowest BCUT2D eigenvalue weighted by Crippen LogP contribution is -2.06. The van der Waals surface area contributed by atoms with Crippen molar-refractivity contribution < 1.29 is 13.6 Å². The Morgan fingerprint density at radius 3 is 2.67 bits per heavy atom. The number of rotatable bonds is 4. The first-order valence-corrected chi connectivity index (χ1v) is 6.39. The van der Waals surface area contributed by atoms with E-state index in [1.165, 1.54) is 6.07 Å². The molecule has 0 saturated carbocycles. The minimum atomic E-state index is -2.49. The average Bonchev–Trinajstić information content (AvgIpc) is 2.20. The number of benzene rings is 1. The van der Waals surface area contributed by atoms with E-state index in [0.717, 1.165) is 0 Å². The Morgan fingerprint density at radius 2 is 2.13 bits per heavy atom. The molecule has 1 nitrogen and oxygen atoms in total. The van der Waals surface area contributed by atoms with Crippen LogP contribution in [-0.2, 0) is 11.2 Å². The van der Waals surface area contributed by atoms with E-state index in [1.54, 1.807) is 12.1 Å². The topological polar surface area (TPSA) is 17.1 Å². The Labute approximate surface area is 109 Å². The van der Waals surface area contributed by atoms with E-state index < -0.39 is 6.43 Å². The fourth-order valence-electron chi connectivity index (χ4n) is 1.16. The fourth-order valence-corrected chi connectivity index (χ4v) is 2.15. The van der Waals surface area contributed by atoms with Gasteiger partial charge in [0.25, 0.3) is 6.43 Å². The summed E-state index contributed by atoms with van der Waals surface area (Å²) >= 11 is 4.90. The number of halogens is 4. The van der Waals surface area contributed by atoms with Crippen LogP contribution in [0.25, 0.3) is 0 Å². The zero-order chi connectivity index (χ0) is 11.4. The van der Waals surface area contributed by atoms with Crippen LogP contribution in [0.4, 0.5) is 8.78 Å². The van der Waals surface area contributed by atoms with Crippen molar-refractivity contribution in [1.29, 1.82) is 0 Å².